The monoisotopic (exact) mass is 436 g/mol. The third-order valence-corrected chi connectivity index (χ3v) is 6.15. The second-order valence-corrected chi connectivity index (χ2v) is 8.55. The number of guanidine groups is 1. The van der Waals surface area contributed by atoms with Crippen LogP contribution >= 0.6 is 0 Å². The fraction of sp³-hybridized carbons (Fsp3) is 0.647. The predicted molar refractivity (Wildman–Crippen MR) is 106 cm³/mol. The Morgan fingerprint density at radius 1 is 1.24 bits per heavy atom. The number of unbranched alkanes of at least 4 members (excludes halogenated alkanes) is 1. The molecule has 3 N–H and O–H groups in total. The molecule has 0 radical (unpaired) electrons. The molecule has 29 heavy (non-hydrogen) atoms. The first-order valence-corrected chi connectivity index (χ1v) is 10.9. The molecule has 8 nitrogen and oxygen atoms in total. The van der Waals surface area contributed by atoms with Crippen molar-refractivity contribution in [2.24, 2.45) is 4.99 Å². The van der Waals surface area contributed by atoms with Crippen LogP contribution < -0.4 is 16.0 Å². The Balaban J connectivity index is 1.64. The molecular formula is C17H27F3N6O2S. The summed E-state index contributed by atoms with van der Waals surface area (Å²) in [5.74, 6) is 1.39. The summed E-state index contributed by atoms with van der Waals surface area (Å²) in [6, 6.07) is 5.53. The number of aliphatic imine (C=N–C) groups is 1. The lowest BCUT2D eigenvalue weighted by Crippen LogP contribution is -2.51. The molecule has 0 amide bonds. The van der Waals surface area contributed by atoms with Crippen molar-refractivity contribution in [3.8, 4) is 0 Å². The highest BCUT2D eigenvalue weighted by atomic mass is 32.2. The molecule has 0 saturated carbocycles. The minimum atomic E-state index is -5.25. The summed E-state index contributed by atoms with van der Waals surface area (Å²) in [6.45, 7) is 1.13. The average molecular weight is 437 g/mol. The lowest BCUT2D eigenvalue weighted by atomic mass is 10.1. The van der Waals surface area contributed by atoms with E-state index in [4.69, 9.17) is 0 Å². The van der Waals surface area contributed by atoms with E-state index >= 15 is 0 Å². The number of piperidine rings is 1. The van der Waals surface area contributed by atoms with Gasteiger partial charge in [-0.2, -0.15) is 17.5 Å². The largest absolute Gasteiger partial charge is 0.511 e. The third-order valence-electron chi connectivity index (χ3n) is 4.52. The van der Waals surface area contributed by atoms with Crippen LogP contribution in [-0.4, -0.2) is 68.4 Å². The number of nitrogens with one attached hydrogen (secondary N) is 3. The molecule has 1 aliphatic heterocycles. The van der Waals surface area contributed by atoms with Crippen LogP contribution in [0, 0.1) is 0 Å². The SMILES string of the molecule is CN=C(NCCCCNc1ccccn1)NC1CCN(S(=O)(=O)C(F)(F)F)CC1. The number of hydrogen-bond donors (Lipinski definition) is 3. The first-order valence-electron chi connectivity index (χ1n) is 9.42. The van der Waals surface area contributed by atoms with Crippen LogP contribution in [0.15, 0.2) is 29.4 Å². The molecule has 0 unspecified atom stereocenters. The third kappa shape index (κ3) is 7.03. The Morgan fingerprint density at radius 3 is 2.52 bits per heavy atom. The van der Waals surface area contributed by atoms with Gasteiger partial charge in [-0.3, -0.25) is 4.99 Å². The number of hydrogen-bond acceptors (Lipinski definition) is 5. The number of alkyl halides is 3. The molecule has 0 aromatic carbocycles. The molecule has 0 atom stereocenters. The lowest BCUT2D eigenvalue weighted by molar-refractivity contribution is -0.0494. The zero-order valence-electron chi connectivity index (χ0n) is 16.2. The second kappa shape index (κ2) is 10.6. The van der Waals surface area contributed by atoms with Crippen LogP contribution in [0.2, 0.25) is 0 Å². The fourth-order valence-corrected chi connectivity index (χ4v) is 3.90. The van der Waals surface area contributed by atoms with Crippen molar-refractivity contribution in [1.82, 2.24) is 19.9 Å². The smallest absolute Gasteiger partial charge is 0.370 e. The molecule has 2 rings (SSSR count). The summed E-state index contributed by atoms with van der Waals surface area (Å²) >= 11 is 0. The van der Waals surface area contributed by atoms with Gasteiger partial charge in [0.05, 0.1) is 0 Å². The van der Waals surface area contributed by atoms with Crippen LogP contribution in [0.5, 0.6) is 0 Å². The van der Waals surface area contributed by atoms with Crippen molar-refractivity contribution in [3.63, 3.8) is 0 Å². The van der Waals surface area contributed by atoms with Crippen molar-refractivity contribution in [2.75, 3.05) is 38.5 Å². The number of anilines is 1. The first kappa shape index (κ1) is 23.2. The number of halogens is 3. The molecule has 1 aromatic heterocycles. The van der Waals surface area contributed by atoms with E-state index < -0.39 is 15.5 Å². The Morgan fingerprint density at radius 2 is 1.93 bits per heavy atom. The molecule has 164 valence electrons. The maximum atomic E-state index is 12.6. The minimum Gasteiger partial charge on any atom is -0.370 e. The standard InChI is InChI=1S/C17H27F3N6O2S/c1-21-16(24-11-5-4-10-23-15-6-2-3-9-22-15)25-14-7-12-26(13-8-14)29(27,28)17(18,19)20/h2-3,6,9,14H,4-5,7-8,10-13H2,1H3,(H,22,23)(H2,21,24,25). The van der Waals surface area contributed by atoms with Crippen LogP contribution in [0.3, 0.4) is 0 Å². The van der Waals surface area contributed by atoms with E-state index in [1.807, 2.05) is 18.2 Å². The molecule has 1 aromatic rings. The Bertz CT molecular complexity index is 750. The summed E-state index contributed by atoms with van der Waals surface area (Å²) in [6.07, 6.45) is 4.10. The highest BCUT2D eigenvalue weighted by Gasteiger charge is 2.50. The molecular weight excluding hydrogens is 409 g/mol. The average Bonchev–Trinajstić information content (AvgIpc) is 2.70. The van der Waals surface area contributed by atoms with Gasteiger partial charge < -0.3 is 16.0 Å². The topological polar surface area (TPSA) is 98.7 Å². The summed E-state index contributed by atoms with van der Waals surface area (Å²) in [4.78, 5) is 8.29. The van der Waals surface area contributed by atoms with Crippen molar-refractivity contribution in [2.45, 2.75) is 37.2 Å². The normalized spacial score (nSPS) is 17.2. The number of rotatable bonds is 8. The highest BCUT2D eigenvalue weighted by molar-refractivity contribution is 7.90. The maximum absolute atomic E-state index is 12.6. The molecule has 0 aliphatic carbocycles. The number of aromatic nitrogens is 1. The lowest BCUT2D eigenvalue weighted by Gasteiger charge is -2.32. The molecule has 12 heteroatoms. The van der Waals surface area contributed by atoms with Gasteiger partial charge in [0, 0.05) is 45.5 Å². The van der Waals surface area contributed by atoms with Gasteiger partial charge in [-0.1, -0.05) is 6.07 Å². The van der Waals surface area contributed by atoms with Gasteiger partial charge in [0.25, 0.3) is 0 Å². The van der Waals surface area contributed by atoms with Crippen molar-refractivity contribution in [1.29, 1.82) is 0 Å². The van der Waals surface area contributed by atoms with Gasteiger partial charge >= 0.3 is 15.5 Å². The molecule has 1 fully saturated rings. The first-order chi connectivity index (χ1) is 13.7. The van der Waals surface area contributed by atoms with E-state index in [0.717, 1.165) is 25.2 Å². The molecule has 0 spiro atoms. The molecule has 0 bridgehead atoms. The van der Waals surface area contributed by atoms with E-state index in [-0.39, 0.29) is 32.0 Å². The fourth-order valence-electron chi connectivity index (χ4n) is 2.92. The van der Waals surface area contributed by atoms with Gasteiger partial charge in [-0.15, -0.1) is 0 Å². The zero-order chi connectivity index (χ0) is 21.3. The van der Waals surface area contributed by atoms with Crippen molar-refractivity contribution >= 4 is 21.8 Å². The quantitative estimate of drug-likeness (QED) is 0.326. The Kier molecular flexibility index (Phi) is 8.50. The molecule has 2 heterocycles. The van der Waals surface area contributed by atoms with Gasteiger partial charge in [-0.05, 0) is 37.8 Å². The molecule has 1 saturated heterocycles. The van der Waals surface area contributed by atoms with Crippen LogP contribution in [0.4, 0.5) is 19.0 Å². The number of pyridine rings is 1. The van der Waals surface area contributed by atoms with Gasteiger partial charge in [0.1, 0.15) is 5.82 Å². The maximum Gasteiger partial charge on any atom is 0.511 e. The van der Waals surface area contributed by atoms with E-state index in [0.29, 0.717) is 16.8 Å². The van der Waals surface area contributed by atoms with E-state index in [1.54, 1.807) is 13.2 Å². The van der Waals surface area contributed by atoms with Crippen LogP contribution in [-0.2, 0) is 10.0 Å². The van der Waals surface area contributed by atoms with Gasteiger partial charge in [0.15, 0.2) is 5.96 Å². The summed E-state index contributed by atoms with van der Waals surface area (Å²) in [5, 5.41) is 9.53. The van der Waals surface area contributed by atoms with Crippen LogP contribution in [0.1, 0.15) is 25.7 Å². The zero-order valence-corrected chi connectivity index (χ0v) is 17.1. The number of nitrogens with zero attached hydrogens (tertiary/aromatic N) is 3. The minimum absolute atomic E-state index is 0.133. The second-order valence-electron chi connectivity index (χ2n) is 6.62. The Labute approximate surface area is 169 Å². The van der Waals surface area contributed by atoms with E-state index in [2.05, 4.69) is 25.9 Å². The predicted octanol–water partition coefficient (Wildman–Crippen LogP) is 1.75. The highest BCUT2D eigenvalue weighted by Crippen LogP contribution is 2.28. The van der Waals surface area contributed by atoms with Crippen molar-refractivity contribution in [3.05, 3.63) is 24.4 Å². The van der Waals surface area contributed by atoms with Crippen molar-refractivity contribution < 1.29 is 21.6 Å². The van der Waals surface area contributed by atoms with Crippen LogP contribution in [0.25, 0.3) is 0 Å². The van der Waals surface area contributed by atoms with Gasteiger partial charge in [0.2, 0.25) is 0 Å². The van der Waals surface area contributed by atoms with Gasteiger partial charge in [-0.25, -0.2) is 13.4 Å². The number of sulfonamides is 1. The van der Waals surface area contributed by atoms with E-state index in [1.165, 1.54) is 0 Å². The summed E-state index contributed by atoms with van der Waals surface area (Å²) in [5.41, 5.74) is -5.25. The summed E-state index contributed by atoms with van der Waals surface area (Å²) in [7, 11) is -3.64. The van der Waals surface area contributed by atoms with E-state index in [9.17, 15) is 21.6 Å². The Hall–Kier alpha value is -2.08. The summed E-state index contributed by atoms with van der Waals surface area (Å²) < 4.78 is 61.3. The molecule has 1 aliphatic rings.